The third-order valence-electron chi connectivity index (χ3n) is 2.14. The van der Waals surface area contributed by atoms with Crippen molar-refractivity contribution < 1.29 is 4.92 Å². The van der Waals surface area contributed by atoms with Crippen LogP contribution in [-0.4, -0.2) is 11.0 Å². The summed E-state index contributed by atoms with van der Waals surface area (Å²) in [6.07, 6.45) is 2.75. The molecule has 0 saturated carbocycles. The second kappa shape index (κ2) is 3.37. The quantitative estimate of drug-likeness (QED) is 0.470. The van der Waals surface area contributed by atoms with E-state index in [2.05, 4.69) is 0 Å². The molecule has 0 saturated heterocycles. The van der Waals surface area contributed by atoms with E-state index in [0.717, 1.165) is 0 Å². The normalized spacial score (nSPS) is 27.2. The molecule has 1 rings (SSSR count). The van der Waals surface area contributed by atoms with E-state index in [1.165, 1.54) is 12.2 Å². The van der Waals surface area contributed by atoms with Crippen LogP contribution in [0, 0.1) is 27.4 Å². The molecular formula is C8H9N3O2. The van der Waals surface area contributed by atoms with E-state index in [4.69, 9.17) is 11.0 Å². The van der Waals surface area contributed by atoms with Crippen molar-refractivity contribution in [2.24, 2.45) is 11.7 Å². The van der Waals surface area contributed by atoms with E-state index in [1.54, 1.807) is 6.92 Å². The first-order chi connectivity index (χ1) is 6.07. The number of hydrogen-bond donors (Lipinski definition) is 1. The van der Waals surface area contributed by atoms with Crippen LogP contribution in [0.4, 0.5) is 0 Å². The molecule has 0 amide bonds. The number of nitrogens with zero attached hydrogens (tertiary/aromatic N) is 2. The van der Waals surface area contributed by atoms with Gasteiger partial charge < -0.3 is 5.73 Å². The minimum atomic E-state index is -0.686. The molecule has 0 aromatic heterocycles. The lowest BCUT2D eigenvalue weighted by Crippen LogP contribution is -2.36. The lowest BCUT2D eigenvalue weighted by atomic mass is 9.88. The van der Waals surface area contributed by atoms with Gasteiger partial charge in [0.1, 0.15) is 6.04 Å². The van der Waals surface area contributed by atoms with E-state index >= 15 is 0 Å². The van der Waals surface area contributed by atoms with E-state index in [1.807, 2.05) is 6.07 Å². The zero-order valence-electron chi connectivity index (χ0n) is 7.10. The van der Waals surface area contributed by atoms with Crippen molar-refractivity contribution in [1.82, 2.24) is 0 Å². The van der Waals surface area contributed by atoms with E-state index in [9.17, 15) is 10.1 Å². The predicted molar refractivity (Wildman–Crippen MR) is 45.9 cm³/mol. The van der Waals surface area contributed by atoms with Crippen LogP contribution in [-0.2, 0) is 0 Å². The third kappa shape index (κ3) is 1.58. The second-order valence-electron chi connectivity index (χ2n) is 2.90. The number of allylic oxidation sites excluding steroid dienone is 2. The fraction of sp³-hybridized carbons (Fsp3) is 0.375. The zero-order valence-corrected chi connectivity index (χ0v) is 7.10. The summed E-state index contributed by atoms with van der Waals surface area (Å²) in [5.74, 6) is -0.282. The van der Waals surface area contributed by atoms with Crippen molar-refractivity contribution >= 4 is 0 Å². The van der Waals surface area contributed by atoms with Gasteiger partial charge in [-0.25, -0.2) is 0 Å². The molecule has 13 heavy (non-hydrogen) atoms. The Morgan fingerprint density at radius 3 is 2.77 bits per heavy atom. The molecule has 1 aliphatic carbocycles. The second-order valence-corrected chi connectivity index (χ2v) is 2.90. The van der Waals surface area contributed by atoms with Gasteiger partial charge in [0.05, 0.1) is 11.0 Å². The SMILES string of the molecule is CC1C(C#N)=CC=C([N+](=O)[O-])C1N. The fourth-order valence-corrected chi connectivity index (χ4v) is 1.21. The first-order valence-corrected chi connectivity index (χ1v) is 3.79. The average molecular weight is 179 g/mol. The number of nitrogens with two attached hydrogens (primary N) is 1. The van der Waals surface area contributed by atoms with Crippen LogP contribution in [0.1, 0.15) is 6.92 Å². The van der Waals surface area contributed by atoms with Gasteiger partial charge in [0.2, 0.25) is 0 Å². The molecule has 0 aromatic rings. The fourth-order valence-electron chi connectivity index (χ4n) is 1.21. The topological polar surface area (TPSA) is 92.9 Å². The highest BCUT2D eigenvalue weighted by atomic mass is 16.6. The van der Waals surface area contributed by atoms with Gasteiger partial charge in [0.15, 0.2) is 0 Å². The molecule has 2 unspecified atom stereocenters. The Balaban J connectivity index is 3.05. The lowest BCUT2D eigenvalue weighted by molar-refractivity contribution is -0.430. The molecule has 1 aliphatic rings. The summed E-state index contributed by atoms with van der Waals surface area (Å²) in [4.78, 5) is 9.94. The molecule has 0 heterocycles. The zero-order chi connectivity index (χ0) is 10.0. The van der Waals surface area contributed by atoms with Gasteiger partial charge in [0.25, 0.3) is 5.70 Å². The summed E-state index contributed by atoms with van der Waals surface area (Å²) in [5, 5.41) is 19.1. The molecule has 5 nitrogen and oxygen atoms in total. The Bertz CT molecular complexity index is 338. The smallest absolute Gasteiger partial charge is 0.263 e. The number of nitro groups is 1. The molecule has 68 valence electrons. The van der Waals surface area contributed by atoms with Gasteiger partial charge in [0, 0.05) is 17.6 Å². The molecule has 2 atom stereocenters. The van der Waals surface area contributed by atoms with Crippen LogP contribution in [0.15, 0.2) is 23.4 Å². The first-order valence-electron chi connectivity index (χ1n) is 3.79. The minimum absolute atomic E-state index is 0.0356. The molecule has 0 aliphatic heterocycles. The molecular weight excluding hydrogens is 170 g/mol. The molecule has 0 radical (unpaired) electrons. The Kier molecular flexibility index (Phi) is 2.44. The van der Waals surface area contributed by atoms with Crippen LogP contribution in [0.3, 0.4) is 0 Å². The highest BCUT2D eigenvalue weighted by Gasteiger charge is 2.31. The highest BCUT2D eigenvalue weighted by molar-refractivity contribution is 5.35. The van der Waals surface area contributed by atoms with Crippen molar-refractivity contribution in [1.29, 1.82) is 5.26 Å². The number of rotatable bonds is 1. The summed E-state index contributed by atoms with van der Waals surface area (Å²) in [6.45, 7) is 1.70. The van der Waals surface area contributed by atoms with E-state index in [0.29, 0.717) is 5.57 Å². The number of nitriles is 1. The summed E-state index contributed by atoms with van der Waals surface area (Å²) < 4.78 is 0. The maximum atomic E-state index is 10.5. The first kappa shape index (κ1) is 9.42. The maximum Gasteiger partial charge on any atom is 0.263 e. The minimum Gasteiger partial charge on any atom is -0.318 e. The maximum absolute atomic E-state index is 10.5. The Morgan fingerprint density at radius 2 is 2.31 bits per heavy atom. The molecule has 0 fully saturated rings. The van der Waals surface area contributed by atoms with E-state index < -0.39 is 11.0 Å². The molecule has 0 spiro atoms. The summed E-state index contributed by atoms with van der Waals surface area (Å²) in [5.41, 5.74) is 6.04. The monoisotopic (exact) mass is 179 g/mol. The standard InChI is InChI=1S/C8H9N3O2/c1-5-6(4-9)2-3-7(8(5)10)11(12)13/h2-3,5,8H,10H2,1H3. The average Bonchev–Trinajstić information content (AvgIpc) is 2.09. The van der Waals surface area contributed by atoms with Gasteiger partial charge in [-0.2, -0.15) is 5.26 Å². The largest absolute Gasteiger partial charge is 0.318 e. The van der Waals surface area contributed by atoms with Crippen molar-refractivity contribution in [2.75, 3.05) is 0 Å². The van der Waals surface area contributed by atoms with Gasteiger partial charge in [-0.3, -0.25) is 10.1 Å². The van der Waals surface area contributed by atoms with Crippen LogP contribution >= 0.6 is 0 Å². The predicted octanol–water partition coefficient (Wildman–Crippen LogP) is 0.574. The Hall–Kier alpha value is -1.67. The molecule has 5 heteroatoms. The van der Waals surface area contributed by atoms with E-state index in [-0.39, 0.29) is 11.6 Å². The van der Waals surface area contributed by atoms with Crippen molar-refractivity contribution in [3.8, 4) is 6.07 Å². The van der Waals surface area contributed by atoms with Crippen molar-refractivity contribution in [3.63, 3.8) is 0 Å². The van der Waals surface area contributed by atoms with Crippen LogP contribution in [0.5, 0.6) is 0 Å². The number of hydrogen-bond acceptors (Lipinski definition) is 4. The molecule has 0 bridgehead atoms. The summed E-state index contributed by atoms with van der Waals surface area (Å²) >= 11 is 0. The van der Waals surface area contributed by atoms with Gasteiger partial charge in [-0.05, 0) is 6.08 Å². The van der Waals surface area contributed by atoms with Crippen LogP contribution in [0.2, 0.25) is 0 Å². The van der Waals surface area contributed by atoms with Crippen molar-refractivity contribution in [3.05, 3.63) is 33.5 Å². The molecule has 2 N–H and O–H groups in total. The highest BCUT2D eigenvalue weighted by Crippen LogP contribution is 2.23. The summed E-state index contributed by atoms with van der Waals surface area (Å²) in [7, 11) is 0. The van der Waals surface area contributed by atoms with Gasteiger partial charge in [-0.1, -0.05) is 6.92 Å². The summed E-state index contributed by atoms with van der Waals surface area (Å²) in [6, 6.07) is 1.27. The van der Waals surface area contributed by atoms with Crippen molar-refractivity contribution in [2.45, 2.75) is 13.0 Å². The lowest BCUT2D eigenvalue weighted by Gasteiger charge is -2.19. The van der Waals surface area contributed by atoms with Gasteiger partial charge in [-0.15, -0.1) is 0 Å². The van der Waals surface area contributed by atoms with Gasteiger partial charge >= 0.3 is 0 Å². The third-order valence-corrected chi connectivity index (χ3v) is 2.14. The molecule has 0 aromatic carbocycles. The Labute approximate surface area is 75.3 Å². The van der Waals surface area contributed by atoms with Crippen LogP contribution < -0.4 is 5.73 Å². The Morgan fingerprint density at radius 1 is 1.69 bits per heavy atom. The van der Waals surface area contributed by atoms with Crippen LogP contribution in [0.25, 0.3) is 0 Å².